The number of aromatic nitrogens is 2. The van der Waals surface area contributed by atoms with Crippen LogP contribution in [0.2, 0.25) is 0 Å². The molecule has 2 aromatic heterocycles. The number of aliphatic hydroxyl groups excluding tert-OH is 2. The quantitative estimate of drug-likeness (QED) is 0.441. The van der Waals surface area contributed by atoms with Gasteiger partial charge in [0.25, 0.3) is 0 Å². The van der Waals surface area contributed by atoms with E-state index in [9.17, 15) is 76.1 Å². The van der Waals surface area contributed by atoms with Crippen molar-refractivity contribution < 1.29 is 76.1 Å². The van der Waals surface area contributed by atoms with Crippen LogP contribution in [0.4, 0.5) is 71.5 Å². The van der Waals surface area contributed by atoms with Crippen LogP contribution in [-0.4, -0.2) is 44.4 Å². The van der Waals surface area contributed by atoms with Crippen LogP contribution in [0.5, 0.6) is 0 Å². The molecule has 0 fully saturated rings. The van der Waals surface area contributed by atoms with E-state index in [1.807, 2.05) is 0 Å². The van der Waals surface area contributed by atoms with Crippen molar-refractivity contribution in [1.29, 1.82) is 0 Å². The standard InChI is InChI=1S/C19H9F15N4O2/c20-15(21,22)7-1-5(2-8(35-7)16(23,24)25)12-11(13(39)19(32,33)34)14(40)38(37-12)6-3-9(17(26,27)28)36-10(4-6)18(29,30)31/h1-4,11,13-14,39-40H. The van der Waals surface area contributed by atoms with Crippen LogP contribution >= 0.6 is 0 Å². The molecule has 21 heteroatoms. The highest BCUT2D eigenvalue weighted by Gasteiger charge is 2.54. The van der Waals surface area contributed by atoms with E-state index < -0.39 is 88.9 Å². The van der Waals surface area contributed by atoms with Gasteiger partial charge in [-0.25, -0.2) is 15.0 Å². The Morgan fingerprint density at radius 3 is 1.30 bits per heavy atom. The van der Waals surface area contributed by atoms with E-state index in [0.29, 0.717) is 0 Å². The predicted molar refractivity (Wildman–Crippen MR) is 99.1 cm³/mol. The minimum atomic E-state index is -5.78. The van der Waals surface area contributed by atoms with Gasteiger partial charge in [-0.15, -0.1) is 0 Å². The smallest absolute Gasteiger partial charge is 0.383 e. The highest BCUT2D eigenvalue weighted by atomic mass is 19.4. The van der Waals surface area contributed by atoms with Crippen LogP contribution in [0.15, 0.2) is 29.4 Å². The molecule has 0 radical (unpaired) electrons. The first-order chi connectivity index (χ1) is 17.8. The van der Waals surface area contributed by atoms with Crippen molar-refractivity contribution in [2.24, 2.45) is 11.0 Å². The van der Waals surface area contributed by atoms with Crippen LogP contribution in [0.1, 0.15) is 28.3 Å². The fourth-order valence-corrected chi connectivity index (χ4v) is 3.42. The zero-order chi connectivity index (χ0) is 30.8. The average Bonchev–Trinajstić information content (AvgIpc) is 3.11. The molecular weight excluding hydrogens is 601 g/mol. The highest BCUT2D eigenvalue weighted by molar-refractivity contribution is 6.05. The summed E-state index contributed by atoms with van der Waals surface area (Å²) in [5.41, 5.74) is -13.8. The molecular formula is C19H9F15N4O2. The van der Waals surface area contributed by atoms with Gasteiger partial charge in [0.15, 0.2) is 12.3 Å². The molecule has 2 aromatic rings. The number of alkyl halides is 15. The lowest BCUT2D eigenvalue weighted by molar-refractivity contribution is -0.218. The van der Waals surface area contributed by atoms with Gasteiger partial charge in [0.1, 0.15) is 22.8 Å². The van der Waals surface area contributed by atoms with Crippen LogP contribution in [-0.2, 0) is 24.7 Å². The monoisotopic (exact) mass is 610 g/mol. The Labute approximate surface area is 210 Å². The van der Waals surface area contributed by atoms with Gasteiger partial charge in [0, 0.05) is 5.56 Å². The SMILES string of the molecule is OC1C(C(O)C(F)(F)F)C(c2cc(C(F)(F)F)nc(C(F)(F)F)c2)=NN1c1cc(C(F)(F)F)nc(C(F)(F)F)c1. The lowest BCUT2D eigenvalue weighted by Gasteiger charge is -2.28. The Morgan fingerprint density at radius 1 is 0.625 bits per heavy atom. The number of hydrazone groups is 1. The summed E-state index contributed by atoms with van der Waals surface area (Å²) in [6.45, 7) is 0. The van der Waals surface area contributed by atoms with Gasteiger partial charge < -0.3 is 10.2 Å². The molecule has 0 amide bonds. The molecule has 0 saturated heterocycles. The van der Waals surface area contributed by atoms with E-state index in [4.69, 9.17) is 0 Å². The first kappa shape index (κ1) is 31.2. The minimum absolute atomic E-state index is 0.239. The maximum Gasteiger partial charge on any atom is 0.433 e. The Kier molecular flexibility index (Phi) is 7.50. The summed E-state index contributed by atoms with van der Waals surface area (Å²) in [5, 5.41) is 22.9. The van der Waals surface area contributed by atoms with Gasteiger partial charge in [0.2, 0.25) is 0 Å². The van der Waals surface area contributed by atoms with Crippen LogP contribution in [0.3, 0.4) is 0 Å². The molecule has 3 rings (SSSR count). The summed E-state index contributed by atoms with van der Waals surface area (Å²) < 4.78 is 198. The fourth-order valence-electron chi connectivity index (χ4n) is 3.42. The van der Waals surface area contributed by atoms with Crippen molar-refractivity contribution in [2.45, 2.75) is 43.2 Å². The van der Waals surface area contributed by atoms with Crippen molar-refractivity contribution in [3.05, 3.63) is 52.6 Å². The Morgan fingerprint density at radius 2 is 0.975 bits per heavy atom. The summed E-state index contributed by atoms with van der Waals surface area (Å²) in [6.07, 6.45) is -35.2. The second-order valence-electron chi connectivity index (χ2n) is 7.97. The van der Waals surface area contributed by atoms with Gasteiger partial charge in [-0.1, -0.05) is 0 Å². The summed E-state index contributed by atoms with van der Waals surface area (Å²) >= 11 is 0. The summed E-state index contributed by atoms with van der Waals surface area (Å²) in [4.78, 5) is 4.64. The number of hydrogen-bond donors (Lipinski definition) is 2. The number of aliphatic hydroxyl groups is 2. The molecule has 0 aromatic carbocycles. The van der Waals surface area contributed by atoms with Gasteiger partial charge in [0.05, 0.1) is 17.3 Å². The molecule has 6 nitrogen and oxygen atoms in total. The molecule has 3 unspecified atom stereocenters. The number of rotatable bonds is 3. The molecule has 40 heavy (non-hydrogen) atoms. The lowest BCUT2D eigenvalue weighted by atomic mass is 9.90. The molecule has 3 heterocycles. The third-order valence-electron chi connectivity index (χ3n) is 5.14. The molecule has 0 saturated carbocycles. The second-order valence-corrected chi connectivity index (χ2v) is 7.97. The van der Waals surface area contributed by atoms with Gasteiger partial charge in [-0.3, -0.25) is 0 Å². The molecule has 0 bridgehead atoms. The van der Waals surface area contributed by atoms with E-state index in [-0.39, 0.29) is 29.3 Å². The maximum absolute atomic E-state index is 13.4. The van der Waals surface area contributed by atoms with Gasteiger partial charge in [-0.2, -0.15) is 71.0 Å². The molecule has 3 atom stereocenters. The number of halogens is 15. The first-order valence-corrected chi connectivity index (χ1v) is 9.95. The first-order valence-electron chi connectivity index (χ1n) is 9.95. The summed E-state index contributed by atoms with van der Waals surface area (Å²) in [6, 6.07) is -1.02. The van der Waals surface area contributed by atoms with Crippen molar-refractivity contribution in [1.82, 2.24) is 9.97 Å². The van der Waals surface area contributed by atoms with E-state index in [2.05, 4.69) is 15.1 Å². The highest BCUT2D eigenvalue weighted by Crippen LogP contribution is 2.42. The van der Waals surface area contributed by atoms with Crippen LogP contribution in [0, 0.1) is 5.92 Å². The second kappa shape index (κ2) is 9.63. The maximum atomic E-state index is 13.4. The van der Waals surface area contributed by atoms with Crippen LogP contribution in [0.25, 0.3) is 0 Å². The average molecular weight is 610 g/mol. The predicted octanol–water partition coefficient (Wildman–Crippen LogP) is 5.63. The zero-order valence-corrected chi connectivity index (χ0v) is 18.4. The lowest BCUT2D eigenvalue weighted by Crippen LogP contribution is -2.47. The van der Waals surface area contributed by atoms with Crippen molar-refractivity contribution in [2.75, 3.05) is 5.01 Å². The molecule has 1 aliphatic heterocycles. The van der Waals surface area contributed by atoms with Gasteiger partial charge in [-0.05, 0) is 24.3 Å². The van der Waals surface area contributed by atoms with Crippen molar-refractivity contribution >= 4 is 11.4 Å². The molecule has 222 valence electrons. The third kappa shape index (κ3) is 6.34. The Balaban J connectivity index is 2.34. The zero-order valence-electron chi connectivity index (χ0n) is 18.4. The van der Waals surface area contributed by atoms with E-state index in [1.54, 1.807) is 0 Å². The number of hydrogen-bond acceptors (Lipinski definition) is 6. The fraction of sp³-hybridized carbons (Fsp3) is 0.421. The minimum Gasteiger partial charge on any atom is -0.383 e. The number of nitrogens with zero attached hydrogens (tertiary/aromatic N) is 4. The normalized spacial score (nSPS) is 20.1. The molecule has 0 spiro atoms. The van der Waals surface area contributed by atoms with E-state index in [0.717, 1.165) is 0 Å². The van der Waals surface area contributed by atoms with Crippen LogP contribution < -0.4 is 5.01 Å². The molecule has 2 N–H and O–H groups in total. The third-order valence-corrected chi connectivity index (χ3v) is 5.14. The van der Waals surface area contributed by atoms with E-state index >= 15 is 0 Å². The molecule has 0 aliphatic carbocycles. The topological polar surface area (TPSA) is 81.8 Å². The molecule has 1 aliphatic rings. The number of pyridine rings is 2. The summed E-state index contributed by atoms with van der Waals surface area (Å²) in [7, 11) is 0. The Bertz CT molecular complexity index is 1230. The van der Waals surface area contributed by atoms with Gasteiger partial charge >= 0.3 is 30.9 Å². The van der Waals surface area contributed by atoms with Crippen molar-refractivity contribution in [3.63, 3.8) is 0 Å². The Hall–Kier alpha value is -3.36. The summed E-state index contributed by atoms with van der Waals surface area (Å²) in [5.74, 6) is -3.04. The number of anilines is 1. The van der Waals surface area contributed by atoms with E-state index in [1.165, 1.54) is 0 Å². The van der Waals surface area contributed by atoms with Crippen molar-refractivity contribution in [3.8, 4) is 0 Å². The largest absolute Gasteiger partial charge is 0.433 e.